The fraction of sp³-hybridized carbons (Fsp3) is 0.529. The van der Waals surface area contributed by atoms with E-state index >= 15 is 0 Å². The zero-order chi connectivity index (χ0) is 18.6. The van der Waals surface area contributed by atoms with Crippen molar-refractivity contribution >= 4 is 15.9 Å². The molecule has 1 saturated heterocycles. The van der Waals surface area contributed by atoms with Crippen LogP contribution in [0.2, 0.25) is 0 Å². The summed E-state index contributed by atoms with van der Waals surface area (Å²) in [4.78, 5) is 3.85. The van der Waals surface area contributed by atoms with Crippen LogP contribution in [0, 0.1) is 0 Å². The van der Waals surface area contributed by atoms with Gasteiger partial charge in [0.2, 0.25) is 10.6 Å². The molecule has 0 spiro atoms. The highest BCUT2D eigenvalue weighted by Crippen LogP contribution is 2.30. The van der Waals surface area contributed by atoms with Crippen LogP contribution >= 0.6 is 15.9 Å². The molecule has 2 aromatic rings. The summed E-state index contributed by atoms with van der Waals surface area (Å²) in [6, 6.07) is 7.12. The lowest BCUT2D eigenvalue weighted by Crippen LogP contribution is -2.31. The zero-order valence-corrected chi connectivity index (χ0v) is 15.9. The first kappa shape index (κ1) is 19.2. The number of halogens is 3. The van der Waals surface area contributed by atoms with Gasteiger partial charge in [-0.1, -0.05) is 12.1 Å². The van der Waals surface area contributed by atoms with Gasteiger partial charge in [0.05, 0.1) is 13.7 Å². The minimum Gasteiger partial charge on any atom is -0.497 e. The molecule has 1 aromatic carbocycles. The van der Waals surface area contributed by atoms with Crippen molar-refractivity contribution in [3.63, 3.8) is 0 Å². The quantitative estimate of drug-likeness (QED) is 0.668. The molecule has 1 atom stereocenters. The van der Waals surface area contributed by atoms with Gasteiger partial charge in [0, 0.05) is 6.61 Å². The van der Waals surface area contributed by atoms with E-state index in [1.54, 1.807) is 31.4 Å². The van der Waals surface area contributed by atoms with E-state index in [0.29, 0.717) is 18.8 Å². The number of aromatic nitrogens is 3. The molecule has 0 radical (unpaired) electrons. The molecule has 1 aliphatic rings. The second-order valence-electron chi connectivity index (χ2n) is 6.02. The minimum atomic E-state index is -3.29. The second kappa shape index (κ2) is 8.41. The predicted molar refractivity (Wildman–Crippen MR) is 93.3 cm³/mol. The molecule has 2 heterocycles. The molecule has 1 aromatic heterocycles. The predicted octanol–water partition coefficient (Wildman–Crippen LogP) is 3.73. The van der Waals surface area contributed by atoms with Gasteiger partial charge in [0.15, 0.2) is 6.29 Å². The number of ether oxygens (including phenoxy) is 3. The molecular formula is C17H20BrF2N3O3. The molecule has 1 fully saturated rings. The molecule has 142 valence electrons. The average molecular weight is 432 g/mol. The molecule has 9 heteroatoms. The second-order valence-corrected chi connectivity index (χ2v) is 6.73. The molecule has 6 nitrogen and oxygen atoms in total. The summed E-state index contributed by atoms with van der Waals surface area (Å²) in [5.41, 5.74) is 0.803. The van der Waals surface area contributed by atoms with E-state index in [4.69, 9.17) is 14.2 Å². The molecule has 0 saturated carbocycles. The molecule has 1 aliphatic heterocycles. The van der Waals surface area contributed by atoms with Crippen molar-refractivity contribution in [2.45, 2.75) is 38.0 Å². The highest BCUT2D eigenvalue weighted by Gasteiger charge is 2.39. The Kier molecular flexibility index (Phi) is 6.20. The van der Waals surface area contributed by atoms with Crippen molar-refractivity contribution in [1.29, 1.82) is 0 Å². The Hall–Kier alpha value is -1.58. The summed E-state index contributed by atoms with van der Waals surface area (Å²) < 4.78 is 46.3. The number of alkyl halides is 2. The van der Waals surface area contributed by atoms with Crippen LogP contribution in [0.15, 0.2) is 29.0 Å². The smallest absolute Gasteiger partial charge is 0.329 e. The summed E-state index contributed by atoms with van der Waals surface area (Å²) in [6.45, 7) is -0.103. The molecular weight excluding hydrogens is 412 g/mol. The van der Waals surface area contributed by atoms with E-state index in [1.165, 1.54) is 4.68 Å². The number of hydrogen-bond acceptors (Lipinski definition) is 5. The SMILES string of the molecule is COc1ccc(Cn2nc(Br)nc2C(F)(F)COC2CCCCO2)cc1. The standard InChI is InChI=1S/C17H20BrF2N3O3/c1-24-13-7-5-12(6-8-13)10-23-15(21-16(18)22-23)17(19,20)11-26-14-4-2-3-9-25-14/h5-8,14H,2-4,9-11H2,1H3. The van der Waals surface area contributed by atoms with E-state index in [-0.39, 0.29) is 11.3 Å². The third-order valence-corrected chi connectivity index (χ3v) is 4.39. The Labute approximate surface area is 158 Å². The maximum atomic E-state index is 14.7. The zero-order valence-electron chi connectivity index (χ0n) is 14.3. The largest absolute Gasteiger partial charge is 0.497 e. The van der Waals surface area contributed by atoms with Crippen molar-refractivity contribution in [2.24, 2.45) is 0 Å². The van der Waals surface area contributed by atoms with Crippen LogP contribution in [0.3, 0.4) is 0 Å². The Balaban J connectivity index is 1.71. The lowest BCUT2D eigenvalue weighted by molar-refractivity contribution is -0.205. The van der Waals surface area contributed by atoms with Crippen molar-refractivity contribution in [1.82, 2.24) is 14.8 Å². The Morgan fingerprint density at radius 1 is 1.31 bits per heavy atom. The Bertz CT molecular complexity index is 719. The maximum Gasteiger partial charge on any atom is 0.329 e. The molecule has 26 heavy (non-hydrogen) atoms. The third-order valence-electron chi connectivity index (χ3n) is 4.05. The van der Waals surface area contributed by atoms with Crippen molar-refractivity contribution in [2.75, 3.05) is 20.3 Å². The van der Waals surface area contributed by atoms with Gasteiger partial charge in [-0.3, -0.25) is 0 Å². The summed E-state index contributed by atoms with van der Waals surface area (Å²) in [5, 5.41) is 4.03. The van der Waals surface area contributed by atoms with Gasteiger partial charge in [-0.15, -0.1) is 5.10 Å². The maximum absolute atomic E-state index is 14.7. The first-order chi connectivity index (χ1) is 12.5. The van der Waals surface area contributed by atoms with Crippen LogP contribution in [-0.2, 0) is 21.9 Å². The highest BCUT2D eigenvalue weighted by atomic mass is 79.9. The number of nitrogens with zero attached hydrogens (tertiary/aromatic N) is 3. The summed E-state index contributed by atoms with van der Waals surface area (Å²) in [6.07, 6.45) is 1.88. The van der Waals surface area contributed by atoms with Gasteiger partial charge in [-0.2, -0.15) is 13.8 Å². The first-order valence-electron chi connectivity index (χ1n) is 8.33. The molecule has 0 amide bonds. The monoisotopic (exact) mass is 431 g/mol. The van der Waals surface area contributed by atoms with Crippen molar-refractivity contribution in [3.05, 3.63) is 40.4 Å². The summed E-state index contributed by atoms with van der Waals surface area (Å²) in [5.74, 6) is -3.04. The number of hydrogen-bond donors (Lipinski definition) is 0. The van der Waals surface area contributed by atoms with Crippen LogP contribution in [0.25, 0.3) is 0 Å². The van der Waals surface area contributed by atoms with Gasteiger partial charge in [0.25, 0.3) is 0 Å². The molecule has 3 rings (SSSR count). The van der Waals surface area contributed by atoms with E-state index in [0.717, 1.165) is 18.4 Å². The van der Waals surface area contributed by atoms with Crippen LogP contribution in [0.4, 0.5) is 8.78 Å². The molecule has 1 unspecified atom stereocenters. The van der Waals surface area contributed by atoms with Crippen molar-refractivity contribution < 1.29 is 23.0 Å². The fourth-order valence-corrected chi connectivity index (χ4v) is 3.06. The lowest BCUT2D eigenvalue weighted by atomic mass is 10.2. The molecule has 0 aliphatic carbocycles. The van der Waals surface area contributed by atoms with Crippen LogP contribution < -0.4 is 4.74 Å². The highest BCUT2D eigenvalue weighted by molar-refractivity contribution is 9.10. The summed E-state index contributed by atoms with van der Waals surface area (Å²) >= 11 is 3.08. The first-order valence-corrected chi connectivity index (χ1v) is 9.12. The van der Waals surface area contributed by atoms with E-state index in [2.05, 4.69) is 26.0 Å². The van der Waals surface area contributed by atoms with Crippen LogP contribution in [0.5, 0.6) is 5.75 Å². The third kappa shape index (κ3) is 4.77. The lowest BCUT2D eigenvalue weighted by Gasteiger charge is -2.25. The minimum absolute atomic E-state index is 0.106. The average Bonchev–Trinajstić information content (AvgIpc) is 3.03. The van der Waals surface area contributed by atoms with E-state index in [9.17, 15) is 8.78 Å². The van der Waals surface area contributed by atoms with Gasteiger partial charge >= 0.3 is 5.92 Å². The Morgan fingerprint density at radius 3 is 2.73 bits per heavy atom. The van der Waals surface area contributed by atoms with E-state index in [1.807, 2.05) is 0 Å². The number of methoxy groups -OCH3 is 1. The molecule has 0 N–H and O–H groups in total. The van der Waals surface area contributed by atoms with E-state index < -0.39 is 24.6 Å². The van der Waals surface area contributed by atoms with Gasteiger partial charge in [-0.25, -0.2) is 4.68 Å². The fourth-order valence-electron chi connectivity index (χ4n) is 2.70. The van der Waals surface area contributed by atoms with Gasteiger partial charge in [0.1, 0.15) is 12.4 Å². The van der Waals surface area contributed by atoms with Gasteiger partial charge < -0.3 is 14.2 Å². The van der Waals surface area contributed by atoms with Crippen LogP contribution in [-0.4, -0.2) is 41.4 Å². The van der Waals surface area contributed by atoms with Gasteiger partial charge in [-0.05, 0) is 52.9 Å². The molecule has 0 bridgehead atoms. The number of benzene rings is 1. The normalized spacial score (nSPS) is 18.1. The van der Waals surface area contributed by atoms with Crippen molar-refractivity contribution in [3.8, 4) is 5.75 Å². The number of rotatable bonds is 7. The summed E-state index contributed by atoms with van der Waals surface area (Å²) in [7, 11) is 1.57. The topological polar surface area (TPSA) is 58.4 Å². The van der Waals surface area contributed by atoms with Crippen LogP contribution in [0.1, 0.15) is 30.7 Å². The Morgan fingerprint density at radius 2 is 2.08 bits per heavy atom.